The van der Waals surface area contributed by atoms with Gasteiger partial charge in [-0.1, -0.05) is 36.0 Å². The topological polar surface area (TPSA) is 78.3 Å². The van der Waals surface area contributed by atoms with Crippen molar-refractivity contribution in [2.75, 3.05) is 6.79 Å². The summed E-state index contributed by atoms with van der Waals surface area (Å²) in [6.45, 7) is 4.18. The van der Waals surface area contributed by atoms with Gasteiger partial charge in [0.2, 0.25) is 6.79 Å². The minimum absolute atomic E-state index is 0.179. The van der Waals surface area contributed by atoms with Crippen LogP contribution in [-0.2, 0) is 12.8 Å². The zero-order valence-corrected chi connectivity index (χ0v) is 17.3. The van der Waals surface area contributed by atoms with Crippen LogP contribution in [0.3, 0.4) is 0 Å². The predicted molar refractivity (Wildman–Crippen MR) is 110 cm³/mol. The molecule has 4 rings (SSSR count). The highest BCUT2D eigenvalue weighted by Crippen LogP contribution is 2.32. The molecule has 0 aliphatic carbocycles. The van der Waals surface area contributed by atoms with Crippen LogP contribution in [-0.4, -0.2) is 27.5 Å². The molecule has 0 saturated heterocycles. The molecular weight excluding hydrogens is 388 g/mol. The van der Waals surface area contributed by atoms with Crippen LogP contribution < -0.4 is 14.8 Å². The SMILES string of the molecule is Cc1ccccc1CSc1nnc([C@@H](C)NC(=O)c2ccc3c(c2)OCO3)n1C. The molecular formula is C21H22N4O3S. The van der Waals surface area contributed by atoms with Gasteiger partial charge in [-0.15, -0.1) is 10.2 Å². The van der Waals surface area contributed by atoms with E-state index < -0.39 is 0 Å². The molecule has 0 spiro atoms. The van der Waals surface area contributed by atoms with Crippen LogP contribution in [0.5, 0.6) is 11.5 Å². The van der Waals surface area contributed by atoms with Gasteiger partial charge in [-0.3, -0.25) is 4.79 Å². The first-order chi connectivity index (χ1) is 14.0. The van der Waals surface area contributed by atoms with Gasteiger partial charge < -0.3 is 19.4 Å². The molecule has 0 unspecified atom stereocenters. The number of benzene rings is 2. The summed E-state index contributed by atoms with van der Waals surface area (Å²) in [5.74, 6) is 2.55. The Morgan fingerprint density at radius 3 is 2.83 bits per heavy atom. The maximum absolute atomic E-state index is 12.6. The Balaban J connectivity index is 1.42. The molecule has 150 valence electrons. The maximum atomic E-state index is 12.6. The number of carbonyl (C=O) groups is 1. The van der Waals surface area contributed by atoms with E-state index >= 15 is 0 Å². The van der Waals surface area contributed by atoms with Crippen molar-refractivity contribution < 1.29 is 14.3 Å². The Bertz CT molecular complexity index is 1050. The summed E-state index contributed by atoms with van der Waals surface area (Å²) in [4.78, 5) is 12.6. The predicted octanol–water partition coefficient (Wildman–Crippen LogP) is 3.64. The molecule has 2 heterocycles. The Morgan fingerprint density at radius 2 is 2.00 bits per heavy atom. The lowest BCUT2D eigenvalue weighted by Gasteiger charge is -2.14. The van der Waals surface area contributed by atoms with Crippen LogP contribution in [0.2, 0.25) is 0 Å². The zero-order chi connectivity index (χ0) is 20.4. The number of aryl methyl sites for hydroxylation is 1. The number of thioether (sulfide) groups is 1. The van der Waals surface area contributed by atoms with Crippen LogP contribution in [0, 0.1) is 6.92 Å². The van der Waals surface area contributed by atoms with E-state index in [-0.39, 0.29) is 18.7 Å². The average molecular weight is 410 g/mol. The van der Waals surface area contributed by atoms with Gasteiger partial charge in [-0.05, 0) is 43.2 Å². The second kappa shape index (κ2) is 8.16. The third-order valence-electron chi connectivity index (χ3n) is 4.86. The van der Waals surface area contributed by atoms with E-state index in [1.165, 1.54) is 11.1 Å². The van der Waals surface area contributed by atoms with Crippen molar-refractivity contribution in [1.82, 2.24) is 20.1 Å². The van der Waals surface area contributed by atoms with Crippen LogP contribution in [0.25, 0.3) is 0 Å². The number of nitrogens with zero attached hydrogens (tertiary/aromatic N) is 3. The highest BCUT2D eigenvalue weighted by Gasteiger charge is 2.21. The minimum Gasteiger partial charge on any atom is -0.454 e. The fourth-order valence-corrected chi connectivity index (χ4v) is 4.12. The van der Waals surface area contributed by atoms with Gasteiger partial charge in [-0.2, -0.15) is 0 Å². The van der Waals surface area contributed by atoms with E-state index in [9.17, 15) is 4.79 Å². The summed E-state index contributed by atoms with van der Waals surface area (Å²) in [7, 11) is 1.92. The summed E-state index contributed by atoms with van der Waals surface area (Å²) in [6, 6.07) is 13.1. The average Bonchev–Trinajstić information content (AvgIpc) is 3.33. The third kappa shape index (κ3) is 4.07. The van der Waals surface area contributed by atoms with Gasteiger partial charge in [0.05, 0.1) is 6.04 Å². The third-order valence-corrected chi connectivity index (χ3v) is 5.93. The molecule has 1 aliphatic rings. The van der Waals surface area contributed by atoms with Crippen molar-refractivity contribution in [3.05, 3.63) is 65.0 Å². The number of aromatic nitrogens is 3. The van der Waals surface area contributed by atoms with Crippen LogP contribution in [0.15, 0.2) is 47.6 Å². The van der Waals surface area contributed by atoms with Crippen molar-refractivity contribution in [3.63, 3.8) is 0 Å². The zero-order valence-electron chi connectivity index (χ0n) is 16.5. The van der Waals surface area contributed by atoms with Gasteiger partial charge >= 0.3 is 0 Å². The van der Waals surface area contributed by atoms with Gasteiger partial charge in [0.25, 0.3) is 5.91 Å². The molecule has 0 saturated carbocycles. The normalized spacial score (nSPS) is 13.3. The van der Waals surface area contributed by atoms with Gasteiger partial charge in [-0.25, -0.2) is 0 Å². The molecule has 1 aliphatic heterocycles. The fourth-order valence-electron chi connectivity index (χ4n) is 3.13. The van der Waals surface area contributed by atoms with Crippen LogP contribution in [0.1, 0.15) is 40.3 Å². The number of hydrogen-bond acceptors (Lipinski definition) is 6. The Morgan fingerprint density at radius 1 is 1.21 bits per heavy atom. The van der Waals surface area contributed by atoms with E-state index in [0.717, 1.165) is 10.9 Å². The lowest BCUT2D eigenvalue weighted by Crippen LogP contribution is -2.28. The van der Waals surface area contributed by atoms with E-state index in [4.69, 9.17) is 9.47 Å². The first-order valence-electron chi connectivity index (χ1n) is 9.30. The summed E-state index contributed by atoms with van der Waals surface area (Å²) in [5, 5.41) is 12.4. The second-order valence-corrected chi connectivity index (χ2v) is 7.82. The molecule has 8 heteroatoms. The molecule has 1 atom stereocenters. The van der Waals surface area contributed by atoms with Crippen LogP contribution >= 0.6 is 11.8 Å². The molecule has 0 fully saturated rings. The molecule has 1 amide bonds. The van der Waals surface area contributed by atoms with Gasteiger partial charge in [0, 0.05) is 18.4 Å². The minimum atomic E-state index is -0.293. The standard InChI is InChI=1S/C21H22N4O3S/c1-13-6-4-5-7-16(13)11-29-21-24-23-19(25(21)3)14(2)22-20(26)15-8-9-17-18(10-15)28-12-27-17/h4-10,14H,11-12H2,1-3H3,(H,22,26)/t14-/m1/s1. The van der Waals surface area contributed by atoms with Crippen molar-refractivity contribution >= 4 is 17.7 Å². The first-order valence-corrected chi connectivity index (χ1v) is 10.3. The Labute approximate surface area is 173 Å². The number of carbonyl (C=O) groups excluding carboxylic acids is 1. The summed E-state index contributed by atoms with van der Waals surface area (Å²) in [5.41, 5.74) is 3.04. The molecule has 0 bridgehead atoms. The summed E-state index contributed by atoms with van der Waals surface area (Å²) >= 11 is 1.63. The quantitative estimate of drug-likeness (QED) is 0.625. The largest absolute Gasteiger partial charge is 0.454 e. The van der Waals surface area contributed by atoms with Crippen LogP contribution in [0.4, 0.5) is 0 Å². The number of ether oxygens (including phenoxy) is 2. The monoisotopic (exact) mass is 410 g/mol. The second-order valence-electron chi connectivity index (χ2n) is 6.88. The van der Waals surface area contributed by atoms with E-state index in [2.05, 4.69) is 34.6 Å². The molecule has 29 heavy (non-hydrogen) atoms. The smallest absolute Gasteiger partial charge is 0.252 e. The number of hydrogen-bond donors (Lipinski definition) is 1. The van der Waals surface area contributed by atoms with Crippen molar-refractivity contribution in [2.24, 2.45) is 7.05 Å². The first kappa shape index (κ1) is 19.3. The van der Waals surface area contributed by atoms with E-state index in [1.54, 1.807) is 30.0 Å². The van der Waals surface area contributed by atoms with Crippen molar-refractivity contribution in [1.29, 1.82) is 0 Å². The Hall–Kier alpha value is -3.00. The number of amides is 1. The van der Waals surface area contributed by atoms with Gasteiger partial charge in [0.15, 0.2) is 22.5 Å². The number of fused-ring (bicyclic) bond motifs is 1. The molecule has 1 aromatic heterocycles. The lowest BCUT2D eigenvalue weighted by molar-refractivity contribution is 0.0937. The highest BCUT2D eigenvalue weighted by atomic mass is 32.2. The Kier molecular flexibility index (Phi) is 5.44. The molecule has 2 aromatic carbocycles. The maximum Gasteiger partial charge on any atom is 0.252 e. The van der Waals surface area contributed by atoms with E-state index in [1.807, 2.05) is 30.7 Å². The van der Waals surface area contributed by atoms with Crippen molar-refractivity contribution in [2.45, 2.75) is 30.8 Å². The highest BCUT2D eigenvalue weighted by molar-refractivity contribution is 7.98. The molecule has 3 aromatic rings. The van der Waals surface area contributed by atoms with Gasteiger partial charge in [0.1, 0.15) is 0 Å². The molecule has 7 nitrogen and oxygen atoms in total. The summed E-state index contributed by atoms with van der Waals surface area (Å²) in [6.07, 6.45) is 0. The number of rotatable bonds is 6. The lowest BCUT2D eigenvalue weighted by atomic mass is 10.1. The molecule has 1 N–H and O–H groups in total. The summed E-state index contributed by atoms with van der Waals surface area (Å²) < 4.78 is 12.6. The fraction of sp³-hybridized carbons (Fsp3) is 0.286. The van der Waals surface area contributed by atoms with E-state index in [0.29, 0.717) is 22.9 Å². The number of nitrogens with one attached hydrogen (secondary N) is 1. The molecule has 0 radical (unpaired) electrons. The van der Waals surface area contributed by atoms with Crippen molar-refractivity contribution in [3.8, 4) is 11.5 Å².